The zero-order valence-electron chi connectivity index (χ0n) is 9.91. The van der Waals surface area contributed by atoms with E-state index in [-0.39, 0.29) is 5.56 Å². The first-order chi connectivity index (χ1) is 8.19. The second-order valence-electron chi connectivity index (χ2n) is 3.38. The van der Waals surface area contributed by atoms with Gasteiger partial charge in [0, 0.05) is 13.0 Å². The first-order valence-electron chi connectivity index (χ1n) is 5.24. The highest BCUT2D eigenvalue weighted by atomic mass is 16.5. The minimum absolute atomic E-state index is 0.197. The van der Waals surface area contributed by atoms with Crippen LogP contribution in [0.1, 0.15) is 22.3 Å². The third kappa shape index (κ3) is 3.82. The molecule has 90 valence electrons. The van der Waals surface area contributed by atoms with Crippen LogP contribution in [0.25, 0.3) is 0 Å². The third-order valence-corrected chi connectivity index (χ3v) is 2.17. The van der Waals surface area contributed by atoms with Crippen molar-refractivity contribution >= 4 is 5.97 Å². The van der Waals surface area contributed by atoms with E-state index in [4.69, 9.17) is 9.84 Å². The normalized spacial score (nSPS) is 9.29. The van der Waals surface area contributed by atoms with E-state index in [1.807, 2.05) is 7.05 Å². The number of rotatable bonds is 4. The average molecular weight is 233 g/mol. The van der Waals surface area contributed by atoms with Gasteiger partial charge in [-0.1, -0.05) is 11.8 Å². The molecular formula is C13H15NO3. The predicted molar refractivity (Wildman–Crippen MR) is 65.4 cm³/mol. The summed E-state index contributed by atoms with van der Waals surface area (Å²) < 4.78 is 5.11. The highest BCUT2D eigenvalue weighted by molar-refractivity contribution is 5.88. The molecule has 1 rings (SSSR count). The van der Waals surface area contributed by atoms with Crippen molar-refractivity contribution in [3.8, 4) is 17.6 Å². The fourth-order valence-electron chi connectivity index (χ4n) is 1.27. The first-order valence-corrected chi connectivity index (χ1v) is 5.24. The van der Waals surface area contributed by atoms with Gasteiger partial charge in [-0.15, -0.1) is 0 Å². The molecule has 0 aliphatic carbocycles. The molecule has 0 radical (unpaired) electrons. The molecule has 4 heteroatoms. The SMILES string of the molecule is CNCCC#Cc1ccc(C(=O)O)cc1OC. The van der Waals surface area contributed by atoms with E-state index in [2.05, 4.69) is 17.2 Å². The summed E-state index contributed by atoms with van der Waals surface area (Å²) in [6, 6.07) is 4.66. The minimum atomic E-state index is -0.974. The van der Waals surface area contributed by atoms with Crippen molar-refractivity contribution < 1.29 is 14.6 Å². The summed E-state index contributed by atoms with van der Waals surface area (Å²) in [6.07, 6.45) is 0.736. The van der Waals surface area contributed by atoms with Crippen molar-refractivity contribution in [3.05, 3.63) is 29.3 Å². The van der Waals surface area contributed by atoms with Gasteiger partial charge < -0.3 is 15.2 Å². The highest BCUT2D eigenvalue weighted by Crippen LogP contribution is 2.19. The Morgan fingerprint density at radius 2 is 2.29 bits per heavy atom. The quantitative estimate of drug-likeness (QED) is 0.609. The van der Waals surface area contributed by atoms with Crippen LogP contribution in [-0.2, 0) is 0 Å². The molecule has 0 bridgehead atoms. The summed E-state index contributed by atoms with van der Waals surface area (Å²) in [5.41, 5.74) is 0.899. The number of hydrogen-bond donors (Lipinski definition) is 2. The Hall–Kier alpha value is -1.99. The van der Waals surface area contributed by atoms with E-state index < -0.39 is 5.97 Å². The van der Waals surface area contributed by atoms with Gasteiger partial charge in [-0.3, -0.25) is 0 Å². The van der Waals surface area contributed by atoms with Crippen LogP contribution >= 0.6 is 0 Å². The maximum atomic E-state index is 10.8. The van der Waals surface area contributed by atoms with E-state index in [1.54, 1.807) is 6.07 Å². The van der Waals surface area contributed by atoms with Crippen LogP contribution in [0.4, 0.5) is 0 Å². The number of ether oxygens (including phenoxy) is 1. The van der Waals surface area contributed by atoms with Crippen molar-refractivity contribution in [1.82, 2.24) is 5.32 Å². The molecule has 0 unspecified atom stereocenters. The molecule has 0 aliphatic heterocycles. The molecule has 2 N–H and O–H groups in total. The van der Waals surface area contributed by atoms with Gasteiger partial charge in [0.2, 0.25) is 0 Å². The standard InChI is InChI=1S/C13H15NO3/c1-14-8-4-3-5-10-6-7-11(13(15)16)9-12(10)17-2/h6-7,9,14H,4,8H2,1-2H3,(H,15,16). The highest BCUT2D eigenvalue weighted by Gasteiger charge is 2.07. The van der Waals surface area contributed by atoms with E-state index >= 15 is 0 Å². The van der Waals surface area contributed by atoms with E-state index in [0.29, 0.717) is 11.3 Å². The lowest BCUT2D eigenvalue weighted by atomic mass is 10.1. The lowest BCUT2D eigenvalue weighted by molar-refractivity contribution is 0.0696. The van der Waals surface area contributed by atoms with E-state index in [1.165, 1.54) is 19.2 Å². The number of hydrogen-bond acceptors (Lipinski definition) is 3. The zero-order chi connectivity index (χ0) is 12.7. The number of carboxylic acids is 1. The van der Waals surface area contributed by atoms with Crippen LogP contribution in [0.15, 0.2) is 18.2 Å². The van der Waals surface area contributed by atoms with Gasteiger partial charge in [0.15, 0.2) is 0 Å². The van der Waals surface area contributed by atoms with Crippen LogP contribution in [0.3, 0.4) is 0 Å². The van der Waals surface area contributed by atoms with Crippen LogP contribution in [0.5, 0.6) is 5.75 Å². The Balaban J connectivity index is 2.91. The summed E-state index contributed by atoms with van der Waals surface area (Å²) in [5, 5.41) is 11.8. The number of methoxy groups -OCH3 is 1. The van der Waals surface area contributed by atoms with Crippen LogP contribution in [0, 0.1) is 11.8 Å². The van der Waals surface area contributed by atoms with Crippen LogP contribution in [-0.4, -0.2) is 31.8 Å². The number of carbonyl (C=O) groups is 1. The Morgan fingerprint density at radius 3 is 2.88 bits per heavy atom. The van der Waals surface area contributed by atoms with Crippen LogP contribution < -0.4 is 10.1 Å². The fourth-order valence-corrected chi connectivity index (χ4v) is 1.27. The van der Waals surface area contributed by atoms with Crippen molar-refractivity contribution in [2.45, 2.75) is 6.42 Å². The third-order valence-electron chi connectivity index (χ3n) is 2.17. The largest absolute Gasteiger partial charge is 0.495 e. The Kier molecular flexibility index (Phi) is 5.05. The molecule has 0 spiro atoms. The molecule has 17 heavy (non-hydrogen) atoms. The van der Waals surface area contributed by atoms with Gasteiger partial charge in [0.05, 0.1) is 18.2 Å². The van der Waals surface area contributed by atoms with Gasteiger partial charge in [-0.25, -0.2) is 4.79 Å². The lowest BCUT2D eigenvalue weighted by Gasteiger charge is -2.04. The Labute approximate surface area is 101 Å². The predicted octanol–water partition coefficient (Wildman–Crippen LogP) is 1.35. The van der Waals surface area contributed by atoms with Crippen molar-refractivity contribution in [1.29, 1.82) is 0 Å². The number of aromatic carboxylic acids is 1. The number of benzene rings is 1. The maximum absolute atomic E-state index is 10.8. The first kappa shape index (κ1) is 13.1. The van der Waals surface area contributed by atoms with Gasteiger partial charge >= 0.3 is 5.97 Å². The fraction of sp³-hybridized carbons (Fsp3) is 0.308. The summed E-state index contributed by atoms with van der Waals surface area (Å²) in [4.78, 5) is 10.8. The van der Waals surface area contributed by atoms with E-state index in [9.17, 15) is 4.79 Å². The molecule has 0 saturated carbocycles. The minimum Gasteiger partial charge on any atom is -0.495 e. The summed E-state index contributed by atoms with van der Waals surface area (Å²) >= 11 is 0. The number of carboxylic acid groups (broad SMARTS) is 1. The summed E-state index contributed by atoms with van der Waals surface area (Å²) in [5.74, 6) is 5.46. The topological polar surface area (TPSA) is 58.6 Å². The van der Waals surface area contributed by atoms with Gasteiger partial charge in [0.1, 0.15) is 5.75 Å². The zero-order valence-corrected chi connectivity index (χ0v) is 9.91. The van der Waals surface area contributed by atoms with Crippen molar-refractivity contribution in [3.63, 3.8) is 0 Å². The van der Waals surface area contributed by atoms with Crippen molar-refractivity contribution in [2.24, 2.45) is 0 Å². The Morgan fingerprint density at radius 1 is 1.53 bits per heavy atom. The maximum Gasteiger partial charge on any atom is 0.335 e. The van der Waals surface area contributed by atoms with Crippen LogP contribution in [0.2, 0.25) is 0 Å². The summed E-state index contributed by atoms with van der Waals surface area (Å²) in [7, 11) is 3.36. The molecule has 0 amide bonds. The molecule has 0 fully saturated rings. The molecular weight excluding hydrogens is 218 g/mol. The molecule has 0 heterocycles. The average Bonchev–Trinajstić information content (AvgIpc) is 2.34. The Bertz CT molecular complexity index is 457. The molecule has 1 aromatic carbocycles. The smallest absolute Gasteiger partial charge is 0.335 e. The monoisotopic (exact) mass is 233 g/mol. The molecule has 0 aromatic heterocycles. The number of nitrogens with one attached hydrogen (secondary N) is 1. The van der Waals surface area contributed by atoms with Crippen molar-refractivity contribution in [2.75, 3.05) is 20.7 Å². The van der Waals surface area contributed by atoms with Gasteiger partial charge in [-0.05, 0) is 25.2 Å². The van der Waals surface area contributed by atoms with E-state index in [0.717, 1.165) is 13.0 Å². The molecule has 0 aliphatic rings. The lowest BCUT2D eigenvalue weighted by Crippen LogP contribution is -2.05. The molecule has 4 nitrogen and oxygen atoms in total. The second kappa shape index (κ2) is 6.56. The molecule has 1 aromatic rings. The van der Waals surface area contributed by atoms with Gasteiger partial charge in [-0.2, -0.15) is 0 Å². The summed E-state index contributed by atoms with van der Waals surface area (Å²) in [6.45, 7) is 0.822. The van der Waals surface area contributed by atoms with Gasteiger partial charge in [0.25, 0.3) is 0 Å². The molecule has 0 saturated heterocycles. The second-order valence-corrected chi connectivity index (χ2v) is 3.38. The molecule has 0 atom stereocenters.